The van der Waals surface area contributed by atoms with E-state index in [1.807, 2.05) is 0 Å². The highest BCUT2D eigenvalue weighted by molar-refractivity contribution is 6.70. The topological polar surface area (TPSA) is 27.7 Å². The molecule has 0 aliphatic heterocycles. The van der Waals surface area contributed by atoms with Crippen molar-refractivity contribution >= 4 is 25.0 Å². The van der Waals surface area contributed by atoms with Crippen LogP contribution in [0.1, 0.15) is 113 Å². The predicted molar refractivity (Wildman–Crippen MR) is 200 cm³/mol. The van der Waals surface area contributed by atoms with E-state index in [0.29, 0.717) is 34.2 Å². The van der Waals surface area contributed by atoms with E-state index in [9.17, 15) is 0 Å². The Morgan fingerprint density at radius 2 is 0.933 bits per heavy atom. The Balaban J connectivity index is 1.52. The van der Waals surface area contributed by atoms with E-state index in [0.717, 1.165) is 11.8 Å². The monoisotopic (exact) mass is 677 g/mol. The minimum Gasteiger partial charge on any atom is -0.414 e. The molecule has 11 atom stereocenters. The van der Waals surface area contributed by atoms with Crippen molar-refractivity contribution < 1.29 is 13.3 Å². The third-order valence-electron chi connectivity index (χ3n) is 15.3. The number of rotatable bonds is 6. The Morgan fingerprint density at radius 3 is 1.44 bits per heavy atom. The van der Waals surface area contributed by atoms with E-state index in [4.69, 9.17) is 13.3 Å². The van der Waals surface area contributed by atoms with Gasteiger partial charge >= 0.3 is 0 Å². The predicted octanol–water partition coefficient (Wildman–Crippen LogP) is 11.8. The van der Waals surface area contributed by atoms with Crippen LogP contribution in [0, 0.1) is 56.2 Å². The Bertz CT molecular complexity index is 1120. The van der Waals surface area contributed by atoms with Crippen molar-refractivity contribution in [2.45, 2.75) is 190 Å². The van der Waals surface area contributed by atoms with Crippen molar-refractivity contribution in [3.8, 4) is 0 Å². The number of hydrogen-bond donors (Lipinski definition) is 0. The molecule has 0 saturated heterocycles. The molecule has 0 aromatic heterocycles. The summed E-state index contributed by atoms with van der Waals surface area (Å²) in [6.45, 7) is 42.8. The second-order valence-corrected chi connectivity index (χ2v) is 35.7. The number of hydrogen-bond acceptors (Lipinski definition) is 3. The molecule has 11 unspecified atom stereocenters. The zero-order valence-electron chi connectivity index (χ0n) is 33.1. The summed E-state index contributed by atoms with van der Waals surface area (Å²) in [4.78, 5) is 0. The molecule has 5 aliphatic carbocycles. The maximum Gasteiger partial charge on any atom is 0.184 e. The molecular formula is C39H76O3Si3. The average Bonchev–Trinajstić information content (AvgIpc) is 2.82. The van der Waals surface area contributed by atoms with Crippen molar-refractivity contribution in [1.29, 1.82) is 0 Å². The van der Waals surface area contributed by atoms with Crippen molar-refractivity contribution in [3.05, 3.63) is 0 Å². The Labute approximate surface area is 283 Å². The normalized spacial score (nSPS) is 48.1. The standard InChI is InChI=1S/C39H76O3Si3/c1-34(2)24-25-36(5)27(32(34)41-44(12,13)14)20-22-38(7)30(36)18-19-31-37(6)26-28(40-43(9,10)11)33(42-45(15,16)17)35(3,4)29(37)21-23-39(31,38)8/h27-33H,18-26H2,1-17H3. The highest BCUT2D eigenvalue weighted by Crippen LogP contribution is 2.78. The highest BCUT2D eigenvalue weighted by Gasteiger charge is 2.72. The quantitative estimate of drug-likeness (QED) is 0.262. The fourth-order valence-corrected chi connectivity index (χ4v) is 17.1. The molecule has 0 aromatic carbocycles. The summed E-state index contributed by atoms with van der Waals surface area (Å²) in [7, 11) is -5.15. The van der Waals surface area contributed by atoms with Gasteiger partial charge in [-0.3, -0.25) is 0 Å². The molecular weight excluding hydrogens is 601 g/mol. The van der Waals surface area contributed by atoms with Gasteiger partial charge < -0.3 is 13.3 Å². The zero-order valence-corrected chi connectivity index (χ0v) is 36.1. The SMILES string of the molecule is CC1(C)CCC2(C)C(CCC3(C)C2CCC2C4(C)CC(O[Si](C)(C)C)C(O[Si](C)(C)C)C(C)(C)C4CCC23C)C1O[Si](C)(C)C. The van der Waals surface area contributed by atoms with Gasteiger partial charge in [0.1, 0.15) is 0 Å². The van der Waals surface area contributed by atoms with Crippen LogP contribution in [-0.4, -0.2) is 43.3 Å². The lowest BCUT2D eigenvalue weighted by molar-refractivity contribution is -0.275. The molecule has 0 aromatic rings. The van der Waals surface area contributed by atoms with Crippen molar-refractivity contribution in [2.24, 2.45) is 56.2 Å². The molecule has 0 N–H and O–H groups in total. The molecule has 0 heterocycles. The molecule has 6 heteroatoms. The molecule has 0 radical (unpaired) electrons. The van der Waals surface area contributed by atoms with Crippen LogP contribution in [0.15, 0.2) is 0 Å². The van der Waals surface area contributed by atoms with Gasteiger partial charge in [-0.25, -0.2) is 0 Å². The molecule has 5 rings (SSSR count). The highest BCUT2D eigenvalue weighted by atomic mass is 28.4. The third kappa shape index (κ3) is 6.03. The van der Waals surface area contributed by atoms with Gasteiger partial charge in [0.15, 0.2) is 25.0 Å². The second-order valence-electron chi connectivity index (χ2n) is 22.3. The Morgan fingerprint density at radius 1 is 0.467 bits per heavy atom. The Kier molecular flexibility index (Phi) is 9.01. The molecule has 3 nitrogen and oxygen atoms in total. The maximum absolute atomic E-state index is 7.21. The van der Waals surface area contributed by atoms with E-state index in [1.165, 1.54) is 57.8 Å². The lowest BCUT2D eigenvalue weighted by Crippen LogP contribution is -2.71. The summed E-state index contributed by atoms with van der Waals surface area (Å²) >= 11 is 0. The summed E-state index contributed by atoms with van der Waals surface area (Å²) in [5.41, 5.74) is 1.79. The van der Waals surface area contributed by atoms with Crippen LogP contribution in [0.25, 0.3) is 0 Å². The van der Waals surface area contributed by atoms with E-state index in [-0.39, 0.29) is 28.5 Å². The van der Waals surface area contributed by atoms with Crippen LogP contribution >= 0.6 is 0 Å². The van der Waals surface area contributed by atoms with Gasteiger partial charge in [-0.1, -0.05) is 55.4 Å². The van der Waals surface area contributed by atoms with Crippen LogP contribution in [0.2, 0.25) is 58.9 Å². The molecule has 262 valence electrons. The first-order valence-corrected chi connectivity index (χ1v) is 29.4. The summed E-state index contributed by atoms with van der Waals surface area (Å²) in [5, 5.41) is 0. The number of fused-ring (bicyclic) bond motifs is 7. The lowest BCUT2D eigenvalue weighted by Gasteiger charge is -2.75. The third-order valence-corrected chi connectivity index (χ3v) is 18.2. The summed E-state index contributed by atoms with van der Waals surface area (Å²) in [6, 6.07) is 0. The maximum atomic E-state index is 7.21. The summed E-state index contributed by atoms with van der Waals surface area (Å²) in [5.74, 6) is 2.92. The minimum absolute atomic E-state index is 0.108. The smallest absolute Gasteiger partial charge is 0.184 e. The molecule has 5 saturated carbocycles. The van der Waals surface area contributed by atoms with E-state index < -0.39 is 25.0 Å². The molecule has 45 heavy (non-hydrogen) atoms. The van der Waals surface area contributed by atoms with Crippen LogP contribution in [0.3, 0.4) is 0 Å². The van der Waals surface area contributed by atoms with Crippen LogP contribution in [-0.2, 0) is 13.3 Å². The first-order valence-electron chi connectivity index (χ1n) is 19.1. The first kappa shape index (κ1) is 36.8. The van der Waals surface area contributed by atoms with Gasteiger partial charge in [0.25, 0.3) is 0 Å². The van der Waals surface area contributed by atoms with E-state index >= 15 is 0 Å². The molecule has 0 bridgehead atoms. The second kappa shape index (κ2) is 11.0. The van der Waals surface area contributed by atoms with Crippen molar-refractivity contribution in [2.75, 3.05) is 0 Å². The molecule has 5 aliphatic rings. The molecule has 0 spiro atoms. The van der Waals surface area contributed by atoms with Gasteiger partial charge in [0.2, 0.25) is 0 Å². The summed E-state index contributed by atoms with van der Waals surface area (Å²) < 4.78 is 21.6. The summed E-state index contributed by atoms with van der Waals surface area (Å²) in [6.07, 6.45) is 13.0. The van der Waals surface area contributed by atoms with Crippen LogP contribution in [0.4, 0.5) is 0 Å². The van der Waals surface area contributed by atoms with Crippen molar-refractivity contribution in [3.63, 3.8) is 0 Å². The zero-order chi connectivity index (χ0) is 34.0. The first-order chi connectivity index (χ1) is 20.1. The molecule has 0 amide bonds. The van der Waals surface area contributed by atoms with Crippen molar-refractivity contribution in [1.82, 2.24) is 0 Å². The van der Waals surface area contributed by atoms with Crippen LogP contribution < -0.4 is 0 Å². The Hall–Kier alpha value is 0.531. The minimum atomic E-state index is -1.76. The van der Waals surface area contributed by atoms with Gasteiger partial charge in [0, 0.05) is 0 Å². The van der Waals surface area contributed by atoms with E-state index in [1.54, 1.807) is 0 Å². The average molecular weight is 677 g/mol. The van der Waals surface area contributed by atoms with Gasteiger partial charge in [-0.15, -0.1) is 0 Å². The van der Waals surface area contributed by atoms with Gasteiger partial charge in [-0.05, 0) is 173 Å². The van der Waals surface area contributed by atoms with Gasteiger partial charge in [0.05, 0.1) is 18.3 Å². The molecule has 5 fully saturated rings. The van der Waals surface area contributed by atoms with Gasteiger partial charge in [-0.2, -0.15) is 0 Å². The van der Waals surface area contributed by atoms with E-state index in [2.05, 4.69) is 114 Å². The van der Waals surface area contributed by atoms with Crippen LogP contribution in [0.5, 0.6) is 0 Å². The lowest BCUT2D eigenvalue weighted by atomic mass is 9.30. The fourth-order valence-electron chi connectivity index (χ4n) is 13.5. The fraction of sp³-hybridized carbons (Fsp3) is 1.00. The largest absolute Gasteiger partial charge is 0.414 e.